The molecule has 0 saturated carbocycles. The van der Waals surface area contributed by atoms with Gasteiger partial charge in [-0.15, -0.1) is 11.8 Å². The zero-order valence-corrected chi connectivity index (χ0v) is 18.0. The van der Waals surface area contributed by atoms with Gasteiger partial charge in [0.2, 0.25) is 5.91 Å². The molecule has 8 heteroatoms. The number of likely N-dealkylation sites (tertiary alicyclic amines) is 1. The first kappa shape index (κ1) is 20.8. The van der Waals surface area contributed by atoms with Crippen molar-refractivity contribution in [3.05, 3.63) is 45.8 Å². The van der Waals surface area contributed by atoms with Crippen LogP contribution in [0.15, 0.2) is 40.3 Å². The Bertz CT molecular complexity index is 816. The lowest BCUT2D eigenvalue weighted by atomic mass is 9.90. The van der Waals surface area contributed by atoms with E-state index >= 15 is 0 Å². The number of carboxylic acid groups (broad SMARTS) is 1. The average Bonchev–Trinajstić information content (AvgIpc) is 3.03. The molecule has 0 bridgehead atoms. The van der Waals surface area contributed by atoms with Crippen LogP contribution in [0.1, 0.15) is 31.7 Å². The van der Waals surface area contributed by atoms with E-state index in [9.17, 15) is 19.8 Å². The number of nitrogens with zero attached hydrogens (tertiary/aromatic N) is 2. The maximum absolute atomic E-state index is 12.5. The molecular weight excluding hydrogens is 408 g/mol. The Morgan fingerprint density at radius 2 is 2.10 bits per heavy atom. The molecule has 29 heavy (non-hydrogen) atoms. The first-order valence-electron chi connectivity index (χ1n) is 10.1. The van der Waals surface area contributed by atoms with Crippen molar-refractivity contribution in [1.29, 1.82) is 0 Å². The Morgan fingerprint density at radius 1 is 1.34 bits per heavy atom. The largest absolute Gasteiger partial charge is 0.477 e. The van der Waals surface area contributed by atoms with Crippen LogP contribution in [0.3, 0.4) is 0 Å². The molecule has 6 nitrogen and oxygen atoms in total. The number of carboxylic acids is 1. The number of aliphatic hydroxyl groups is 1. The summed E-state index contributed by atoms with van der Waals surface area (Å²) in [5, 5.41) is 19.9. The number of fused-ring (bicyclic) bond motifs is 1. The Morgan fingerprint density at radius 3 is 2.79 bits per heavy atom. The van der Waals surface area contributed by atoms with Crippen molar-refractivity contribution in [2.24, 2.45) is 5.92 Å². The predicted octanol–water partition coefficient (Wildman–Crippen LogP) is 2.94. The van der Waals surface area contributed by atoms with E-state index in [1.165, 1.54) is 22.2 Å². The third kappa shape index (κ3) is 4.08. The fraction of sp³-hybridized carbons (Fsp3) is 0.524. The van der Waals surface area contributed by atoms with E-state index in [4.69, 9.17) is 0 Å². The lowest BCUT2D eigenvalue weighted by Gasteiger charge is -2.44. The van der Waals surface area contributed by atoms with E-state index in [1.807, 2.05) is 25.1 Å². The van der Waals surface area contributed by atoms with E-state index in [0.29, 0.717) is 15.9 Å². The number of carbonyl (C=O) groups is 2. The summed E-state index contributed by atoms with van der Waals surface area (Å²) >= 11 is 3.03. The Labute approximate surface area is 179 Å². The minimum atomic E-state index is -1.06. The molecule has 1 aromatic rings. The zero-order valence-electron chi connectivity index (χ0n) is 16.4. The highest BCUT2D eigenvalue weighted by atomic mass is 32.2. The fourth-order valence-corrected chi connectivity index (χ4v) is 7.61. The average molecular weight is 435 g/mol. The standard InChI is InChI=1S/C21H26N2O4S2/c1-2-15(24)16-18(25)23-17(20(26)27)21(29-19(16)23)28-14-9-6-10-22(12-14)11-13-7-4-3-5-8-13/h3-5,7-8,14-16,19,24H,2,6,9-12H2,1H3,(H,26,27)/t14?,15-,16+,19+/m0/s1. The quantitative estimate of drug-likeness (QED) is 0.639. The molecule has 0 aromatic heterocycles. The number of β-lactam (4-membered cyclic amide) rings is 1. The number of amides is 1. The van der Waals surface area contributed by atoms with Gasteiger partial charge in [0.25, 0.3) is 0 Å². The van der Waals surface area contributed by atoms with Crippen LogP contribution in [0, 0.1) is 5.92 Å². The minimum Gasteiger partial charge on any atom is -0.477 e. The molecule has 0 radical (unpaired) electrons. The van der Waals surface area contributed by atoms with Crippen LogP contribution in [-0.4, -0.2) is 61.7 Å². The Hall–Kier alpha value is -1.48. The highest BCUT2D eigenvalue weighted by Gasteiger charge is 2.58. The summed E-state index contributed by atoms with van der Waals surface area (Å²) in [4.78, 5) is 28.2. The highest BCUT2D eigenvalue weighted by Crippen LogP contribution is 2.55. The smallest absolute Gasteiger partial charge is 0.354 e. The third-order valence-electron chi connectivity index (χ3n) is 5.77. The van der Waals surface area contributed by atoms with Crippen molar-refractivity contribution >= 4 is 35.4 Å². The maximum Gasteiger partial charge on any atom is 0.354 e. The van der Waals surface area contributed by atoms with Gasteiger partial charge in [-0.2, -0.15) is 0 Å². The number of aliphatic carboxylic acids is 1. The zero-order chi connectivity index (χ0) is 20.5. The molecule has 1 aromatic carbocycles. The molecule has 1 unspecified atom stereocenters. The Kier molecular flexibility index (Phi) is 6.24. The summed E-state index contributed by atoms with van der Waals surface area (Å²) in [7, 11) is 0. The van der Waals surface area contributed by atoms with Crippen molar-refractivity contribution in [3.8, 4) is 0 Å². The van der Waals surface area contributed by atoms with Crippen LogP contribution >= 0.6 is 23.5 Å². The van der Waals surface area contributed by atoms with Gasteiger partial charge in [-0.25, -0.2) is 4.79 Å². The number of carbonyl (C=O) groups excluding carboxylic acids is 1. The molecule has 2 saturated heterocycles. The second-order valence-corrected chi connectivity index (χ2v) is 10.5. The molecule has 0 aliphatic carbocycles. The van der Waals surface area contributed by atoms with Crippen LogP contribution in [-0.2, 0) is 16.1 Å². The van der Waals surface area contributed by atoms with E-state index in [0.717, 1.165) is 32.5 Å². The fourth-order valence-electron chi connectivity index (χ4n) is 4.24. The van der Waals surface area contributed by atoms with E-state index in [-0.39, 0.29) is 17.0 Å². The van der Waals surface area contributed by atoms with Crippen LogP contribution < -0.4 is 0 Å². The van der Waals surface area contributed by atoms with Gasteiger partial charge < -0.3 is 10.2 Å². The normalized spacial score (nSPS) is 28.3. The van der Waals surface area contributed by atoms with Gasteiger partial charge in [0, 0.05) is 18.3 Å². The SMILES string of the molecule is CC[C@H](O)[C@@H]1C(=O)N2C(C(=O)O)=C(SC3CCCN(Cc4ccccc4)C3)S[C@H]12. The Balaban J connectivity index is 1.44. The molecule has 2 N–H and O–H groups in total. The molecule has 3 heterocycles. The molecular formula is C21H26N2O4S2. The summed E-state index contributed by atoms with van der Waals surface area (Å²) in [5.41, 5.74) is 1.39. The molecule has 3 aliphatic rings. The third-order valence-corrected chi connectivity index (χ3v) is 8.62. The summed E-state index contributed by atoms with van der Waals surface area (Å²) in [6.07, 6.45) is 1.89. The summed E-state index contributed by atoms with van der Waals surface area (Å²) in [6.45, 7) is 4.68. The van der Waals surface area contributed by atoms with E-state index < -0.39 is 18.0 Å². The molecule has 0 spiro atoms. The van der Waals surface area contributed by atoms with Gasteiger partial charge in [-0.1, -0.05) is 49.0 Å². The lowest BCUT2D eigenvalue weighted by molar-refractivity contribution is -0.157. The van der Waals surface area contributed by atoms with Gasteiger partial charge in [0.1, 0.15) is 5.37 Å². The van der Waals surface area contributed by atoms with Crippen LogP contribution in [0.25, 0.3) is 0 Å². The second-order valence-electron chi connectivity index (χ2n) is 7.76. The predicted molar refractivity (Wildman–Crippen MR) is 115 cm³/mol. The first-order chi connectivity index (χ1) is 14.0. The van der Waals surface area contributed by atoms with Gasteiger partial charge in [0.15, 0.2) is 5.70 Å². The van der Waals surface area contributed by atoms with E-state index in [2.05, 4.69) is 17.0 Å². The van der Waals surface area contributed by atoms with Crippen molar-refractivity contribution in [1.82, 2.24) is 9.80 Å². The second kappa shape index (κ2) is 8.71. The van der Waals surface area contributed by atoms with Crippen LogP contribution in [0.5, 0.6) is 0 Å². The minimum absolute atomic E-state index is 0.106. The van der Waals surface area contributed by atoms with Crippen molar-refractivity contribution in [2.75, 3.05) is 13.1 Å². The number of rotatable bonds is 7. The highest BCUT2D eigenvalue weighted by molar-refractivity contribution is 8.23. The number of hydrogen-bond acceptors (Lipinski definition) is 6. The van der Waals surface area contributed by atoms with Gasteiger partial charge in [-0.3, -0.25) is 14.6 Å². The van der Waals surface area contributed by atoms with Gasteiger partial charge in [0.05, 0.1) is 16.3 Å². The monoisotopic (exact) mass is 434 g/mol. The number of piperidine rings is 1. The summed E-state index contributed by atoms with van der Waals surface area (Å²) < 4.78 is 0.716. The molecule has 4 rings (SSSR count). The topological polar surface area (TPSA) is 81.1 Å². The lowest BCUT2D eigenvalue weighted by Crippen LogP contribution is -2.61. The summed E-state index contributed by atoms with van der Waals surface area (Å²) in [5.74, 6) is -1.82. The molecule has 4 atom stereocenters. The summed E-state index contributed by atoms with van der Waals surface area (Å²) in [6, 6.07) is 10.4. The number of thioether (sulfide) groups is 2. The van der Waals surface area contributed by atoms with E-state index in [1.54, 1.807) is 11.8 Å². The van der Waals surface area contributed by atoms with Crippen molar-refractivity contribution < 1.29 is 19.8 Å². The molecule has 3 aliphatic heterocycles. The van der Waals surface area contributed by atoms with Crippen LogP contribution in [0.4, 0.5) is 0 Å². The number of benzene rings is 1. The molecule has 2 fully saturated rings. The number of hydrogen-bond donors (Lipinski definition) is 2. The molecule has 1 amide bonds. The van der Waals surface area contributed by atoms with Crippen molar-refractivity contribution in [3.63, 3.8) is 0 Å². The van der Waals surface area contributed by atoms with Crippen LogP contribution in [0.2, 0.25) is 0 Å². The number of aliphatic hydroxyl groups excluding tert-OH is 1. The van der Waals surface area contributed by atoms with Crippen molar-refractivity contribution in [2.45, 2.75) is 49.5 Å². The van der Waals surface area contributed by atoms with Gasteiger partial charge >= 0.3 is 5.97 Å². The maximum atomic E-state index is 12.5. The van der Waals surface area contributed by atoms with Gasteiger partial charge in [-0.05, 0) is 31.4 Å². The molecule has 156 valence electrons. The first-order valence-corrected chi connectivity index (χ1v) is 11.8.